The molecule has 25 heavy (non-hydrogen) atoms. The van der Waals surface area contributed by atoms with Crippen molar-refractivity contribution in [2.75, 3.05) is 19.7 Å². The van der Waals surface area contributed by atoms with Crippen molar-refractivity contribution in [3.8, 4) is 0 Å². The van der Waals surface area contributed by atoms with Gasteiger partial charge in [-0.1, -0.05) is 56.9 Å². The third-order valence-corrected chi connectivity index (χ3v) is 4.26. The number of carbonyl (C=O) groups is 1. The van der Waals surface area contributed by atoms with E-state index in [2.05, 4.69) is 36.5 Å². The summed E-state index contributed by atoms with van der Waals surface area (Å²) in [5.41, 5.74) is 2.41. The number of aliphatic hydroxyl groups excluding tert-OH is 1. The van der Waals surface area contributed by atoms with Gasteiger partial charge in [0.1, 0.15) is 6.61 Å². The zero-order chi connectivity index (χ0) is 18.2. The van der Waals surface area contributed by atoms with Crippen LogP contribution in [0.25, 0.3) is 0 Å². The van der Waals surface area contributed by atoms with E-state index in [0.717, 1.165) is 50.6 Å². The second-order valence-electron chi connectivity index (χ2n) is 6.57. The third-order valence-electron chi connectivity index (χ3n) is 4.26. The fourth-order valence-electron chi connectivity index (χ4n) is 2.67. The molecular formula is C21H35NO3. The Hall–Kier alpha value is -1.39. The number of unbranched alkanes of at least 4 members (excludes halogenated alkanes) is 5. The van der Waals surface area contributed by atoms with Crippen LogP contribution in [0.4, 0.5) is 0 Å². The molecule has 2 N–H and O–H groups in total. The topological polar surface area (TPSA) is 58.6 Å². The minimum absolute atomic E-state index is 0.0975. The first kappa shape index (κ1) is 21.7. The number of benzene rings is 1. The molecule has 0 saturated heterocycles. The summed E-state index contributed by atoms with van der Waals surface area (Å²) in [5, 5.41) is 11.8. The van der Waals surface area contributed by atoms with Gasteiger partial charge in [-0.3, -0.25) is 4.79 Å². The zero-order valence-electron chi connectivity index (χ0n) is 15.8. The highest BCUT2D eigenvalue weighted by Crippen LogP contribution is 2.10. The molecule has 0 amide bonds. The first-order valence-corrected chi connectivity index (χ1v) is 9.81. The van der Waals surface area contributed by atoms with Gasteiger partial charge in [-0.05, 0) is 43.4 Å². The van der Waals surface area contributed by atoms with Gasteiger partial charge < -0.3 is 15.2 Å². The van der Waals surface area contributed by atoms with Crippen LogP contribution >= 0.6 is 0 Å². The van der Waals surface area contributed by atoms with Gasteiger partial charge in [0, 0.05) is 13.0 Å². The molecule has 142 valence electrons. The van der Waals surface area contributed by atoms with Gasteiger partial charge in [-0.2, -0.15) is 0 Å². The molecule has 0 aromatic heterocycles. The van der Waals surface area contributed by atoms with E-state index in [1.807, 2.05) is 0 Å². The molecule has 1 rings (SSSR count). The minimum Gasteiger partial charge on any atom is -0.461 e. The molecule has 4 nitrogen and oxygen atoms in total. The summed E-state index contributed by atoms with van der Waals surface area (Å²) in [7, 11) is 0. The minimum atomic E-state index is -0.0975. The summed E-state index contributed by atoms with van der Waals surface area (Å²) in [6.07, 6.45) is 9.46. The van der Waals surface area contributed by atoms with Crippen molar-refractivity contribution in [2.24, 2.45) is 0 Å². The molecule has 0 fully saturated rings. The molecular weight excluding hydrogens is 314 g/mol. The van der Waals surface area contributed by atoms with Crippen molar-refractivity contribution in [1.29, 1.82) is 0 Å². The standard InChI is InChI=1S/C21H35NO3/c1-2-3-9-19-11-13-20(14-12-19)18-25-21(24)10-7-5-4-6-8-15-22-16-17-23/h11-14,22-23H,2-10,15-18H2,1H3. The molecule has 1 aromatic carbocycles. The van der Waals surface area contributed by atoms with Gasteiger partial charge in [0.25, 0.3) is 0 Å². The van der Waals surface area contributed by atoms with Gasteiger partial charge in [-0.25, -0.2) is 0 Å². The fourth-order valence-corrected chi connectivity index (χ4v) is 2.67. The average Bonchev–Trinajstić information content (AvgIpc) is 2.64. The van der Waals surface area contributed by atoms with Gasteiger partial charge in [0.05, 0.1) is 6.61 Å². The lowest BCUT2D eigenvalue weighted by Crippen LogP contribution is -2.19. The van der Waals surface area contributed by atoms with Crippen LogP contribution in [0, 0.1) is 0 Å². The van der Waals surface area contributed by atoms with E-state index >= 15 is 0 Å². The number of ether oxygens (including phenoxy) is 1. The molecule has 0 spiro atoms. The van der Waals surface area contributed by atoms with Crippen molar-refractivity contribution in [1.82, 2.24) is 5.32 Å². The smallest absolute Gasteiger partial charge is 0.306 e. The molecule has 0 atom stereocenters. The Bertz CT molecular complexity index is 445. The molecule has 4 heteroatoms. The molecule has 0 radical (unpaired) electrons. The molecule has 0 aliphatic rings. The van der Waals surface area contributed by atoms with Crippen LogP contribution in [0.2, 0.25) is 0 Å². The van der Waals surface area contributed by atoms with Crippen molar-refractivity contribution in [3.63, 3.8) is 0 Å². The quantitative estimate of drug-likeness (QED) is 0.371. The van der Waals surface area contributed by atoms with E-state index in [1.54, 1.807) is 0 Å². The van der Waals surface area contributed by atoms with E-state index < -0.39 is 0 Å². The van der Waals surface area contributed by atoms with Crippen LogP contribution in [-0.2, 0) is 22.6 Å². The highest BCUT2D eigenvalue weighted by atomic mass is 16.5. The average molecular weight is 350 g/mol. The van der Waals surface area contributed by atoms with E-state index in [9.17, 15) is 4.79 Å². The molecule has 0 aliphatic heterocycles. The van der Waals surface area contributed by atoms with Crippen LogP contribution in [0.1, 0.15) is 69.4 Å². The Labute approximate surface area is 153 Å². The van der Waals surface area contributed by atoms with Gasteiger partial charge in [-0.15, -0.1) is 0 Å². The van der Waals surface area contributed by atoms with Crippen molar-refractivity contribution < 1.29 is 14.6 Å². The highest BCUT2D eigenvalue weighted by Gasteiger charge is 2.03. The summed E-state index contributed by atoms with van der Waals surface area (Å²) in [4.78, 5) is 11.8. The maximum absolute atomic E-state index is 11.8. The summed E-state index contributed by atoms with van der Waals surface area (Å²) in [5.74, 6) is -0.0975. The van der Waals surface area contributed by atoms with E-state index in [1.165, 1.54) is 18.4 Å². The fraction of sp³-hybridized carbons (Fsp3) is 0.667. The number of aliphatic hydroxyl groups is 1. The van der Waals surface area contributed by atoms with E-state index in [-0.39, 0.29) is 12.6 Å². The predicted molar refractivity (Wildman–Crippen MR) is 103 cm³/mol. The summed E-state index contributed by atoms with van der Waals surface area (Å²) < 4.78 is 5.35. The van der Waals surface area contributed by atoms with Crippen LogP contribution < -0.4 is 5.32 Å². The van der Waals surface area contributed by atoms with Crippen molar-refractivity contribution >= 4 is 5.97 Å². The van der Waals surface area contributed by atoms with Crippen LogP contribution in [0.3, 0.4) is 0 Å². The Morgan fingerprint density at radius 1 is 0.960 bits per heavy atom. The normalized spacial score (nSPS) is 10.8. The van der Waals surface area contributed by atoms with Crippen LogP contribution in [0.5, 0.6) is 0 Å². The second kappa shape index (κ2) is 14.9. The number of esters is 1. The number of hydrogen-bond acceptors (Lipinski definition) is 4. The maximum atomic E-state index is 11.8. The van der Waals surface area contributed by atoms with Crippen LogP contribution in [-0.4, -0.2) is 30.8 Å². The Kier molecular flexibility index (Phi) is 12.9. The Morgan fingerprint density at radius 3 is 2.36 bits per heavy atom. The lowest BCUT2D eigenvalue weighted by Gasteiger charge is -2.06. The molecule has 0 saturated carbocycles. The summed E-state index contributed by atoms with van der Waals surface area (Å²) in [6.45, 7) is 4.41. The lowest BCUT2D eigenvalue weighted by atomic mass is 10.1. The van der Waals surface area contributed by atoms with Gasteiger partial charge in [0.15, 0.2) is 0 Å². The van der Waals surface area contributed by atoms with Crippen molar-refractivity contribution in [2.45, 2.75) is 71.3 Å². The third kappa shape index (κ3) is 11.7. The second-order valence-corrected chi connectivity index (χ2v) is 6.57. The highest BCUT2D eigenvalue weighted by molar-refractivity contribution is 5.69. The summed E-state index contributed by atoms with van der Waals surface area (Å²) in [6, 6.07) is 8.38. The maximum Gasteiger partial charge on any atom is 0.306 e. The zero-order valence-corrected chi connectivity index (χ0v) is 15.8. The summed E-state index contributed by atoms with van der Waals surface area (Å²) >= 11 is 0. The largest absolute Gasteiger partial charge is 0.461 e. The number of carbonyl (C=O) groups excluding carboxylic acids is 1. The molecule has 0 heterocycles. The molecule has 1 aromatic rings. The van der Waals surface area contributed by atoms with Gasteiger partial charge in [0.2, 0.25) is 0 Å². The molecule has 0 unspecified atom stereocenters. The lowest BCUT2D eigenvalue weighted by molar-refractivity contribution is -0.145. The number of aryl methyl sites for hydroxylation is 1. The Balaban J connectivity index is 2.01. The van der Waals surface area contributed by atoms with Gasteiger partial charge >= 0.3 is 5.97 Å². The Morgan fingerprint density at radius 2 is 1.64 bits per heavy atom. The SMILES string of the molecule is CCCCc1ccc(COC(=O)CCCCCCCNCCO)cc1. The van der Waals surface area contributed by atoms with Crippen LogP contribution in [0.15, 0.2) is 24.3 Å². The predicted octanol–water partition coefficient (Wildman–Crippen LogP) is 3.99. The monoisotopic (exact) mass is 349 g/mol. The van der Waals surface area contributed by atoms with E-state index in [0.29, 0.717) is 19.6 Å². The number of hydrogen-bond donors (Lipinski definition) is 2. The van der Waals surface area contributed by atoms with E-state index in [4.69, 9.17) is 9.84 Å². The first-order chi connectivity index (χ1) is 12.3. The van der Waals surface area contributed by atoms with Crippen molar-refractivity contribution in [3.05, 3.63) is 35.4 Å². The number of rotatable bonds is 15. The molecule has 0 bridgehead atoms. The molecule has 0 aliphatic carbocycles. The number of nitrogens with one attached hydrogen (secondary N) is 1. The first-order valence-electron chi connectivity index (χ1n) is 9.81.